The molecule has 0 aliphatic rings. The molecule has 1 heterocycles. The van der Waals surface area contributed by atoms with Crippen molar-refractivity contribution in [2.24, 2.45) is 5.92 Å². The van der Waals surface area contributed by atoms with Gasteiger partial charge in [-0.3, -0.25) is 4.79 Å². The van der Waals surface area contributed by atoms with Crippen molar-refractivity contribution in [2.45, 2.75) is 26.3 Å². The fraction of sp³-hybridized carbons (Fsp3) is 0.333. The number of ether oxygens (including phenoxy) is 1. The van der Waals surface area contributed by atoms with Crippen LogP contribution in [-0.2, 0) is 0 Å². The molecule has 0 saturated carbocycles. The number of aromatic nitrogens is 1. The lowest BCUT2D eigenvalue weighted by atomic mass is 9.97. The monoisotopic (exact) mass is 298 g/mol. The van der Waals surface area contributed by atoms with Crippen molar-refractivity contribution in [3.63, 3.8) is 0 Å². The molecular formula is C18H22N2O2. The van der Waals surface area contributed by atoms with Gasteiger partial charge in [0.15, 0.2) is 0 Å². The Morgan fingerprint density at radius 2 is 1.91 bits per heavy atom. The van der Waals surface area contributed by atoms with Crippen LogP contribution in [0.4, 0.5) is 0 Å². The highest BCUT2D eigenvalue weighted by Crippen LogP contribution is 2.21. The van der Waals surface area contributed by atoms with Gasteiger partial charge in [0.2, 0.25) is 5.88 Å². The first-order chi connectivity index (χ1) is 10.6. The summed E-state index contributed by atoms with van der Waals surface area (Å²) in [6.45, 7) is 4.30. The van der Waals surface area contributed by atoms with Crippen LogP contribution in [0.3, 0.4) is 0 Å². The third kappa shape index (κ3) is 4.32. The van der Waals surface area contributed by atoms with Gasteiger partial charge < -0.3 is 10.1 Å². The second-order valence-corrected chi connectivity index (χ2v) is 5.66. The number of methoxy groups -OCH3 is 1. The molecule has 22 heavy (non-hydrogen) atoms. The van der Waals surface area contributed by atoms with E-state index in [4.69, 9.17) is 4.74 Å². The summed E-state index contributed by atoms with van der Waals surface area (Å²) in [7, 11) is 1.55. The number of nitrogens with one attached hydrogen (secondary N) is 1. The molecule has 0 bridgehead atoms. The van der Waals surface area contributed by atoms with Crippen molar-refractivity contribution in [2.75, 3.05) is 7.11 Å². The topological polar surface area (TPSA) is 51.2 Å². The minimum Gasteiger partial charge on any atom is -0.481 e. The van der Waals surface area contributed by atoms with Crippen LogP contribution in [0.1, 0.15) is 42.2 Å². The zero-order valence-corrected chi connectivity index (χ0v) is 13.2. The molecule has 1 aromatic carbocycles. The summed E-state index contributed by atoms with van der Waals surface area (Å²) >= 11 is 0. The zero-order chi connectivity index (χ0) is 15.9. The first kappa shape index (κ1) is 16.0. The van der Waals surface area contributed by atoms with Crippen LogP contribution in [0.5, 0.6) is 5.88 Å². The standard InChI is InChI=1S/C18H22N2O2/c1-13(2)11-16(14-7-5-4-6-8-14)20-18(21)15-9-10-17(22-3)19-12-15/h4-10,12-13,16H,11H2,1-3H3,(H,20,21). The number of rotatable bonds is 6. The molecule has 4 heteroatoms. The van der Waals surface area contributed by atoms with Crippen molar-refractivity contribution in [1.29, 1.82) is 0 Å². The third-order valence-corrected chi connectivity index (χ3v) is 3.42. The van der Waals surface area contributed by atoms with Crippen LogP contribution in [0.2, 0.25) is 0 Å². The predicted octanol–water partition coefficient (Wildman–Crippen LogP) is 3.61. The van der Waals surface area contributed by atoms with Gasteiger partial charge >= 0.3 is 0 Å². The minimum atomic E-state index is -0.121. The summed E-state index contributed by atoms with van der Waals surface area (Å²) < 4.78 is 5.01. The Morgan fingerprint density at radius 3 is 2.45 bits per heavy atom. The first-order valence-electron chi connectivity index (χ1n) is 7.46. The van der Waals surface area contributed by atoms with Crippen LogP contribution in [0.15, 0.2) is 48.7 Å². The predicted molar refractivity (Wildman–Crippen MR) is 86.9 cm³/mol. The molecule has 4 nitrogen and oxygen atoms in total. The molecule has 0 spiro atoms. The van der Waals surface area contributed by atoms with Gasteiger partial charge in [-0.2, -0.15) is 0 Å². The van der Waals surface area contributed by atoms with E-state index in [1.54, 1.807) is 19.2 Å². The molecule has 0 fully saturated rings. The zero-order valence-electron chi connectivity index (χ0n) is 13.2. The van der Waals surface area contributed by atoms with Crippen LogP contribution < -0.4 is 10.1 Å². The van der Waals surface area contributed by atoms with Gasteiger partial charge in [0.25, 0.3) is 5.91 Å². The van der Waals surface area contributed by atoms with Crippen molar-refractivity contribution in [3.05, 3.63) is 59.8 Å². The average Bonchev–Trinajstić information content (AvgIpc) is 2.54. The van der Waals surface area contributed by atoms with E-state index in [-0.39, 0.29) is 11.9 Å². The summed E-state index contributed by atoms with van der Waals surface area (Å²) in [4.78, 5) is 16.5. The van der Waals surface area contributed by atoms with E-state index >= 15 is 0 Å². The van der Waals surface area contributed by atoms with Gasteiger partial charge in [0.1, 0.15) is 0 Å². The number of amides is 1. The molecule has 0 saturated heterocycles. The molecule has 1 atom stereocenters. The summed E-state index contributed by atoms with van der Waals surface area (Å²) in [6.07, 6.45) is 2.42. The number of pyridine rings is 1. The van der Waals surface area contributed by atoms with Crippen molar-refractivity contribution in [3.8, 4) is 5.88 Å². The molecule has 0 aliphatic carbocycles. The lowest BCUT2D eigenvalue weighted by molar-refractivity contribution is 0.0931. The molecule has 1 unspecified atom stereocenters. The Balaban J connectivity index is 2.13. The van der Waals surface area contributed by atoms with Gasteiger partial charge in [-0.05, 0) is 24.0 Å². The van der Waals surface area contributed by atoms with E-state index in [1.807, 2.05) is 30.3 Å². The lowest BCUT2D eigenvalue weighted by Gasteiger charge is -2.21. The SMILES string of the molecule is COc1ccc(C(=O)NC(CC(C)C)c2ccccc2)cn1. The van der Waals surface area contributed by atoms with Crippen LogP contribution >= 0.6 is 0 Å². The minimum absolute atomic E-state index is 0.00389. The largest absolute Gasteiger partial charge is 0.481 e. The molecule has 1 amide bonds. The number of carbonyl (C=O) groups is 1. The number of hydrogen-bond donors (Lipinski definition) is 1. The highest BCUT2D eigenvalue weighted by atomic mass is 16.5. The summed E-state index contributed by atoms with van der Waals surface area (Å²) in [5.74, 6) is 0.863. The number of nitrogens with zero attached hydrogens (tertiary/aromatic N) is 1. The van der Waals surface area contributed by atoms with E-state index in [1.165, 1.54) is 6.20 Å². The Bertz CT molecular complexity index is 594. The van der Waals surface area contributed by atoms with Gasteiger partial charge in [0.05, 0.1) is 18.7 Å². The molecule has 116 valence electrons. The van der Waals surface area contributed by atoms with Crippen molar-refractivity contribution in [1.82, 2.24) is 10.3 Å². The number of carbonyl (C=O) groups excluding carboxylic acids is 1. The number of benzene rings is 1. The molecule has 2 aromatic rings. The van der Waals surface area contributed by atoms with Crippen molar-refractivity contribution < 1.29 is 9.53 Å². The molecular weight excluding hydrogens is 276 g/mol. The highest BCUT2D eigenvalue weighted by molar-refractivity contribution is 5.94. The average molecular weight is 298 g/mol. The lowest BCUT2D eigenvalue weighted by Crippen LogP contribution is -2.29. The van der Waals surface area contributed by atoms with E-state index < -0.39 is 0 Å². The molecule has 2 rings (SSSR count). The fourth-order valence-electron chi connectivity index (χ4n) is 2.31. The highest BCUT2D eigenvalue weighted by Gasteiger charge is 2.17. The smallest absolute Gasteiger partial charge is 0.253 e. The Kier molecular flexibility index (Phi) is 5.53. The maximum atomic E-state index is 12.4. The van der Waals surface area contributed by atoms with E-state index in [2.05, 4.69) is 24.1 Å². The van der Waals surface area contributed by atoms with Gasteiger partial charge in [-0.25, -0.2) is 4.98 Å². The van der Waals surface area contributed by atoms with E-state index in [0.29, 0.717) is 17.4 Å². The Morgan fingerprint density at radius 1 is 1.18 bits per heavy atom. The Labute approximate surface area is 131 Å². The summed E-state index contributed by atoms with van der Waals surface area (Å²) in [6, 6.07) is 13.4. The van der Waals surface area contributed by atoms with E-state index in [0.717, 1.165) is 12.0 Å². The van der Waals surface area contributed by atoms with Crippen LogP contribution in [0, 0.1) is 5.92 Å². The van der Waals surface area contributed by atoms with Gasteiger partial charge in [-0.15, -0.1) is 0 Å². The maximum absolute atomic E-state index is 12.4. The molecule has 1 N–H and O–H groups in total. The fourth-order valence-corrected chi connectivity index (χ4v) is 2.31. The van der Waals surface area contributed by atoms with Gasteiger partial charge in [0, 0.05) is 12.3 Å². The maximum Gasteiger partial charge on any atom is 0.253 e. The number of hydrogen-bond acceptors (Lipinski definition) is 3. The molecule has 0 radical (unpaired) electrons. The normalized spacial score (nSPS) is 12.0. The first-order valence-corrected chi connectivity index (χ1v) is 7.46. The third-order valence-electron chi connectivity index (χ3n) is 3.42. The second kappa shape index (κ2) is 7.59. The van der Waals surface area contributed by atoms with E-state index in [9.17, 15) is 4.79 Å². The van der Waals surface area contributed by atoms with Crippen LogP contribution in [-0.4, -0.2) is 18.0 Å². The van der Waals surface area contributed by atoms with Crippen molar-refractivity contribution >= 4 is 5.91 Å². The van der Waals surface area contributed by atoms with Gasteiger partial charge in [-0.1, -0.05) is 44.2 Å². The molecule has 0 aliphatic heterocycles. The Hall–Kier alpha value is -2.36. The summed E-state index contributed by atoms with van der Waals surface area (Å²) in [5, 5.41) is 3.10. The second-order valence-electron chi connectivity index (χ2n) is 5.66. The quantitative estimate of drug-likeness (QED) is 0.886. The van der Waals surface area contributed by atoms with Crippen LogP contribution in [0.25, 0.3) is 0 Å². The molecule has 1 aromatic heterocycles. The summed E-state index contributed by atoms with van der Waals surface area (Å²) in [5.41, 5.74) is 1.65.